The third kappa shape index (κ3) is 2.51. The van der Waals surface area contributed by atoms with Crippen LogP contribution in [0.15, 0.2) is 23.9 Å². The summed E-state index contributed by atoms with van der Waals surface area (Å²) < 4.78 is 1.58. The van der Waals surface area contributed by atoms with Crippen molar-refractivity contribution in [2.45, 2.75) is 26.9 Å². The van der Waals surface area contributed by atoms with Gasteiger partial charge < -0.3 is 16.6 Å². The first-order chi connectivity index (χ1) is 11.7. The van der Waals surface area contributed by atoms with Crippen LogP contribution in [0.25, 0.3) is 16.9 Å². The molecule has 2 heterocycles. The molecule has 1 aliphatic carbocycles. The van der Waals surface area contributed by atoms with Crippen LogP contribution in [0.4, 0.5) is 5.82 Å². The lowest BCUT2D eigenvalue weighted by molar-refractivity contribution is 0.0994. The SMILES string of the molecule is CC(=O)c1cnc2c(n1)c(C(N)=O)c(N)n2C1=C(C)C=C[C@@H](O)[C@H]1C. The van der Waals surface area contributed by atoms with Crippen LogP contribution < -0.4 is 11.5 Å². The minimum atomic E-state index is -0.756. The smallest absolute Gasteiger partial charge is 0.254 e. The summed E-state index contributed by atoms with van der Waals surface area (Å²) in [5, 5.41) is 10.2. The Kier molecular flexibility index (Phi) is 3.92. The van der Waals surface area contributed by atoms with Gasteiger partial charge in [0.2, 0.25) is 0 Å². The molecule has 0 aliphatic heterocycles. The molecule has 0 saturated heterocycles. The predicted octanol–water partition coefficient (Wildman–Crippen LogP) is 1.11. The topological polar surface area (TPSA) is 137 Å². The van der Waals surface area contributed by atoms with Crippen LogP contribution in [0.3, 0.4) is 0 Å². The van der Waals surface area contributed by atoms with Crippen molar-refractivity contribution < 1.29 is 14.7 Å². The molecule has 0 saturated carbocycles. The number of anilines is 1. The maximum absolute atomic E-state index is 11.9. The number of allylic oxidation sites excluding steroid dienone is 2. The average Bonchev–Trinajstić information content (AvgIpc) is 2.83. The number of nitrogen functional groups attached to an aromatic ring is 1. The molecule has 8 heteroatoms. The minimum absolute atomic E-state index is 0.0159. The molecule has 8 nitrogen and oxygen atoms in total. The Hall–Kier alpha value is -3.00. The molecule has 2 aromatic rings. The second-order valence-electron chi connectivity index (χ2n) is 6.15. The van der Waals surface area contributed by atoms with Crippen molar-refractivity contribution in [2.24, 2.45) is 11.7 Å². The molecule has 0 radical (unpaired) electrons. The van der Waals surface area contributed by atoms with Gasteiger partial charge in [-0.05, 0) is 12.5 Å². The Labute approximate surface area is 143 Å². The number of amides is 1. The van der Waals surface area contributed by atoms with E-state index in [-0.39, 0.29) is 34.3 Å². The van der Waals surface area contributed by atoms with Gasteiger partial charge in [-0.3, -0.25) is 14.2 Å². The lowest BCUT2D eigenvalue weighted by Gasteiger charge is -2.27. The van der Waals surface area contributed by atoms with Crippen LogP contribution >= 0.6 is 0 Å². The number of hydrogen-bond donors (Lipinski definition) is 3. The van der Waals surface area contributed by atoms with Crippen molar-refractivity contribution >= 4 is 34.4 Å². The van der Waals surface area contributed by atoms with Crippen LogP contribution in [-0.4, -0.2) is 37.4 Å². The molecule has 2 aromatic heterocycles. The molecule has 1 amide bonds. The molecule has 130 valence electrons. The molecular formula is C17H19N5O3. The number of carbonyl (C=O) groups excluding carboxylic acids is 2. The Morgan fingerprint density at radius 2 is 2.04 bits per heavy atom. The number of fused-ring (bicyclic) bond motifs is 1. The maximum atomic E-state index is 11.9. The first kappa shape index (κ1) is 16.8. The fourth-order valence-corrected chi connectivity index (χ4v) is 3.11. The van der Waals surface area contributed by atoms with Gasteiger partial charge in [0.05, 0.1) is 12.3 Å². The summed E-state index contributed by atoms with van der Waals surface area (Å²) in [4.78, 5) is 32.1. The van der Waals surface area contributed by atoms with Crippen molar-refractivity contribution in [1.82, 2.24) is 14.5 Å². The summed E-state index contributed by atoms with van der Waals surface area (Å²) in [6, 6.07) is 0. The Morgan fingerprint density at radius 1 is 1.36 bits per heavy atom. The van der Waals surface area contributed by atoms with E-state index in [4.69, 9.17) is 11.5 Å². The molecule has 0 unspecified atom stereocenters. The van der Waals surface area contributed by atoms with E-state index < -0.39 is 12.0 Å². The second kappa shape index (κ2) is 5.82. The summed E-state index contributed by atoms with van der Waals surface area (Å²) in [7, 11) is 0. The van der Waals surface area contributed by atoms with E-state index in [0.29, 0.717) is 11.3 Å². The highest BCUT2D eigenvalue weighted by molar-refractivity contribution is 6.10. The zero-order chi connectivity index (χ0) is 18.5. The van der Waals surface area contributed by atoms with E-state index in [0.717, 1.165) is 5.57 Å². The standard InChI is InChI=1S/C17H19N5O3/c1-7-4-5-11(24)8(2)14(7)22-15(18)12(16(19)25)13-17(22)20-6-10(21-13)9(3)23/h4-6,8,11,24H,18H2,1-3H3,(H2,19,25)/t8-,11-/m1/s1. The van der Waals surface area contributed by atoms with Gasteiger partial charge in [0.1, 0.15) is 22.6 Å². The molecule has 0 bridgehead atoms. The number of nitrogens with zero attached hydrogens (tertiary/aromatic N) is 3. The van der Waals surface area contributed by atoms with E-state index >= 15 is 0 Å². The lowest BCUT2D eigenvalue weighted by Crippen LogP contribution is -2.24. The molecule has 3 rings (SSSR count). The number of rotatable bonds is 3. The lowest BCUT2D eigenvalue weighted by atomic mass is 9.91. The third-order valence-electron chi connectivity index (χ3n) is 4.44. The first-order valence-corrected chi connectivity index (χ1v) is 7.79. The average molecular weight is 341 g/mol. The highest BCUT2D eigenvalue weighted by Gasteiger charge is 2.30. The summed E-state index contributed by atoms with van der Waals surface area (Å²) in [5.74, 6) is -1.23. The third-order valence-corrected chi connectivity index (χ3v) is 4.44. The van der Waals surface area contributed by atoms with Crippen LogP contribution in [0, 0.1) is 5.92 Å². The monoisotopic (exact) mass is 341 g/mol. The van der Waals surface area contributed by atoms with Gasteiger partial charge in [0.25, 0.3) is 5.91 Å². The summed E-state index contributed by atoms with van der Waals surface area (Å²) in [6.45, 7) is 5.08. The van der Waals surface area contributed by atoms with Crippen molar-refractivity contribution in [3.8, 4) is 0 Å². The minimum Gasteiger partial charge on any atom is -0.388 e. The van der Waals surface area contributed by atoms with Crippen molar-refractivity contribution in [2.75, 3.05) is 5.73 Å². The van der Waals surface area contributed by atoms with E-state index in [2.05, 4.69) is 9.97 Å². The van der Waals surface area contributed by atoms with Crippen LogP contribution in [0.5, 0.6) is 0 Å². The van der Waals surface area contributed by atoms with Crippen LogP contribution in [-0.2, 0) is 0 Å². The fraction of sp³-hybridized carbons (Fsp3) is 0.294. The van der Waals surface area contributed by atoms with Gasteiger partial charge in [0, 0.05) is 18.5 Å². The number of Topliss-reactive ketones (excluding diaryl/α,β-unsaturated/α-hetero) is 1. The second-order valence-corrected chi connectivity index (χ2v) is 6.15. The number of carbonyl (C=O) groups is 2. The number of nitrogens with two attached hydrogens (primary N) is 2. The van der Waals surface area contributed by atoms with Gasteiger partial charge in [-0.2, -0.15) is 0 Å². The summed E-state index contributed by atoms with van der Waals surface area (Å²) in [6.07, 6.45) is 4.12. The van der Waals surface area contributed by atoms with Crippen LogP contribution in [0.2, 0.25) is 0 Å². The fourth-order valence-electron chi connectivity index (χ4n) is 3.11. The Morgan fingerprint density at radius 3 is 2.64 bits per heavy atom. The van der Waals surface area contributed by atoms with Gasteiger partial charge >= 0.3 is 0 Å². The highest BCUT2D eigenvalue weighted by Crippen LogP contribution is 2.36. The van der Waals surface area contributed by atoms with Gasteiger partial charge in [-0.15, -0.1) is 0 Å². The van der Waals surface area contributed by atoms with Crippen LogP contribution in [0.1, 0.15) is 41.6 Å². The normalized spacial score (nSPS) is 20.3. The zero-order valence-corrected chi connectivity index (χ0v) is 14.1. The molecule has 25 heavy (non-hydrogen) atoms. The van der Waals surface area contributed by atoms with E-state index in [1.165, 1.54) is 13.1 Å². The molecule has 5 N–H and O–H groups in total. The van der Waals surface area contributed by atoms with Gasteiger partial charge in [0.15, 0.2) is 11.4 Å². The van der Waals surface area contributed by atoms with Crippen molar-refractivity contribution in [3.63, 3.8) is 0 Å². The molecule has 1 aliphatic rings. The van der Waals surface area contributed by atoms with Crippen molar-refractivity contribution in [1.29, 1.82) is 0 Å². The molecule has 0 fully saturated rings. The maximum Gasteiger partial charge on any atom is 0.254 e. The number of hydrogen-bond acceptors (Lipinski definition) is 6. The van der Waals surface area contributed by atoms with E-state index in [1.54, 1.807) is 16.7 Å². The van der Waals surface area contributed by atoms with Crippen molar-refractivity contribution in [3.05, 3.63) is 35.2 Å². The largest absolute Gasteiger partial charge is 0.388 e. The van der Waals surface area contributed by atoms with Gasteiger partial charge in [-0.1, -0.05) is 19.1 Å². The summed E-state index contributed by atoms with van der Waals surface area (Å²) >= 11 is 0. The molecular weight excluding hydrogens is 322 g/mol. The summed E-state index contributed by atoms with van der Waals surface area (Å²) in [5.41, 5.74) is 13.9. The van der Waals surface area contributed by atoms with E-state index in [9.17, 15) is 14.7 Å². The number of aromatic nitrogens is 3. The number of primary amides is 1. The zero-order valence-electron chi connectivity index (χ0n) is 14.1. The highest BCUT2D eigenvalue weighted by atomic mass is 16.3. The quantitative estimate of drug-likeness (QED) is 0.715. The number of aliphatic hydroxyl groups excluding tert-OH is 1. The Balaban J connectivity index is 2.41. The van der Waals surface area contributed by atoms with Gasteiger partial charge in [-0.25, -0.2) is 9.97 Å². The Bertz CT molecular complexity index is 970. The molecule has 0 aromatic carbocycles. The number of ketones is 1. The van der Waals surface area contributed by atoms with E-state index in [1.807, 2.05) is 13.8 Å². The molecule has 2 atom stereocenters. The predicted molar refractivity (Wildman–Crippen MR) is 93.7 cm³/mol. The number of aliphatic hydroxyl groups is 1. The molecule has 0 spiro atoms. The first-order valence-electron chi connectivity index (χ1n) is 7.79.